The fourth-order valence-electron chi connectivity index (χ4n) is 2.90. The van der Waals surface area contributed by atoms with Gasteiger partial charge in [-0.1, -0.05) is 13.3 Å². The molecular weight excluding hydrogens is 196 g/mol. The van der Waals surface area contributed by atoms with E-state index in [1.165, 1.54) is 58.3 Å². The SMILES string of the molecule is CCC1CCCN(CCNC(C)C2CC2)C1. The van der Waals surface area contributed by atoms with Crippen molar-refractivity contribution in [3.63, 3.8) is 0 Å². The number of nitrogens with zero attached hydrogens (tertiary/aromatic N) is 1. The number of piperidine rings is 1. The van der Waals surface area contributed by atoms with E-state index in [9.17, 15) is 0 Å². The molecule has 1 heterocycles. The summed E-state index contributed by atoms with van der Waals surface area (Å²) in [6.07, 6.45) is 7.14. The molecule has 2 unspecified atom stereocenters. The molecule has 0 aromatic rings. The van der Waals surface area contributed by atoms with E-state index in [1.54, 1.807) is 0 Å². The highest BCUT2D eigenvalue weighted by Gasteiger charge is 2.27. The lowest BCUT2D eigenvalue weighted by atomic mass is 9.96. The molecule has 16 heavy (non-hydrogen) atoms. The smallest absolute Gasteiger partial charge is 0.0107 e. The van der Waals surface area contributed by atoms with Gasteiger partial charge in [-0.3, -0.25) is 0 Å². The highest BCUT2D eigenvalue weighted by atomic mass is 15.1. The lowest BCUT2D eigenvalue weighted by Crippen LogP contribution is -2.41. The molecule has 0 amide bonds. The fourth-order valence-corrected chi connectivity index (χ4v) is 2.90. The highest BCUT2D eigenvalue weighted by molar-refractivity contribution is 4.83. The van der Waals surface area contributed by atoms with E-state index < -0.39 is 0 Å². The van der Waals surface area contributed by atoms with Crippen LogP contribution in [0.25, 0.3) is 0 Å². The predicted molar refractivity (Wildman–Crippen MR) is 69.6 cm³/mol. The average molecular weight is 224 g/mol. The standard InChI is InChI=1S/C14H28N2/c1-3-13-5-4-9-16(11-13)10-8-15-12(2)14-6-7-14/h12-15H,3-11H2,1-2H3. The van der Waals surface area contributed by atoms with Gasteiger partial charge in [0.2, 0.25) is 0 Å². The first kappa shape index (κ1) is 12.4. The second-order valence-electron chi connectivity index (χ2n) is 5.80. The van der Waals surface area contributed by atoms with E-state index >= 15 is 0 Å². The van der Waals surface area contributed by atoms with Gasteiger partial charge in [0, 0.05) is 25.7 Å². The summed E-state index contributed by atoms with van der Waals surface area (Å²) >= 11 is 0. The summed E-state index contributed by atoms with van der Waals surface area (Å²) in [4.78, 5) is 2.66. The van der Waals surface area contributed by atoms with Crippen LogP contribution >= 0.6 is 0 Å². The molecule has 1 aliphatic heterocycles. The molecule has 0 aromatic carbocycles. The van der Waals surface area contributed by atoms with Crippen LogP contribution in [-0.2, 0) is 0 Å². The highest BCUT2D eigenvalue weighted by Crippen LogP contribution is 2.32. The molecule has 0 bridgehead atoms. The Balaban J connectivity index is 1.57. The summed E-state index contributed by atoms with van der Waals surface area (Å²) in [6.45, 7) is 9.80. The van der Waals surface area contributed by atoms with E-state index in [-0.39, 0.29) is 0 Å². The Bertz CT molecular complexity index is 201. The lowest BCUT2D eigenvalue weighted by Gasteiger charge is -2.32. The first-order chi connectivity index (χ1) is 7.79. The van der Waals surface area contributed by atoms with Crippen LogP contribution < -0.4 is 5.32 Å². The van der Waals surface area contributed by atoms with Gasteiger partial charge in [0.15, 0.2) is 0 Å². The molecule has 0 spiro atoms. The second kappa shape index (κ2) is 6.02. The van der Waals surface area contributed by atoms with Crippen molar-refractivity contribution in [1.29, 1.82) is 0 Å². The van der Waals surface area contributed by atoms with E-state index in [0.29, 0.717) is 0 Å². The van der Waals surface area contributed by atoms with Crippen LogP contribution in [-0.4, -0.2) is 37.1 Å². The molecule has 1 saturated carbocycles. The Morgan fingerprint density at radius 2 is 2.12 bits per heavy atom. The summed E-state index contributed by atoms with van der Waals surface area (Å²) < 4.78 is 0. The number of hydrogen-bond acceptors (Lipinski definition) is 2. The third kappa shape index (κ3) is 3.74. The van der Waals surface area contributed by atoms with Gasteiger partial charge in [-0.05, 0) is 51.0 Å². The third-order valence-electron chi connectivity index (χ3n) is 4.40. The summed E-state index contributed by atoms with van der Waals surface area (Å²) in [6, 6.07) is 0.756. The van der Waals surface area contributed by atoms with Crippen molar-refractivity contribution in [2.75, 3.05) is 26.2 Å². The number of nitrogens with one attached hydrogen (secondary N) is 1. The molecule has 0 aromatic heterocycles. The number of rotatable bonds is 6. The molecule has 1 N–H and O–H groups in total. The van der Waals surface area contributed by atoms with Crippen LogP contribution in [0.2, 0.25) is 0 Å². The van der Waals surface area contributed by atoms with E-state index in [2.05, 4.69) is 24.1 Å². The van der Waals surface area contributed by atoms with Crippen molar-refractivity contribution in [3.05, 3.63) is 0 Å². The summed E-state index contributed by atoms with van der Waals surface area (Å²) in [5.74, 6) is 1.96. The molecule has 1 aliphatic carbocycles. The van der Waals surface area contributed by atoms with Crippen LogP contribution in [0.15, 0.2) is 0 Å². The maximum absolute atomic E-state index is 3.68. The Labute approximate surface area is 101 Å². The molecule has 2 atom stereocenters. The molecule has 2 rings (SSSR count). The van der Waals surface area contributed by atoms with Gasteiger partial charge in [0.1, 0.15) is 0 Å². The predicted octanol–water partition coefficient (Wildman–Crippen LogP) is 2.50. The van der Waals surface area contributed by atoms with Gasteiger partial charge in [0.25, 0.3) is 0 Å². The topological polar surface area (TPSA) is 15.3 Å². The maximum Gasteiger partial charge on any atom is 0.0107 e. The molecule has 2 heteroatoms. The van der Waals surface area contributed by atoms with Crippen LogP contribution in [0.1, 0.15) is 46.0 Å². The van der Waals surface area contributed by atoms with Crippen molar-refractivity contribution in [2.24, 2.45) is 11.8 Å². The van der Waals surface area contributed by atoms with Gasteiger partial charge in [-0.2, -0.15) is 0 Å². The van der Waals surface area contributed by atoms with Gasteiger partial charge in [-0.15, -0.1) is 0 Å². The van der Waals surface area contributed by atoms with Crippen molar-refractivity contribution >= 4 is 0 Å². The van der Waals surface area contributed by atoms with E-state index in [0.717, 1.165) is 17.9 Å². The molecule has 1 saturated heterocycles. The van der Waals surface area contributed by atoms with Crippen LogP contribution in [0.3, 0.4) is 0 Å². The Morgan fingerprint density at radius 1 is 1.31 bits per heavy atom. The van der Waals surface area contributed by atoms with Crippen molar-refractivity contribution in [3.8, 4) is 0 Å². The van der Waals surface area contributed by atoms with Gasteiger partial charge in [0.05, 0.1) is 0 Å². The average Bonchev–Trinajstić information content (AvgIpc) is 3.13. The number of hydrogen-bond donors (Lipinski definition) is 1. The minimum absolute atomic E-state index is 0.756. The minimum Gasteiger partial charge on any atom is -0.313 e. The lowest BCUT2D eigenvalue weighted by molar-refractivity contribution is 0.171. The molecular formula is C14H28N2. The minimum atomic E-state index is 0.756. The van der Waals surface area contributed by atoms with Crippen molar-refractivity contribution in [1.82, 2.24) is 10.2 Å². The Morgan fingerprint density at radius 3 is 2.81 bits per heavy atom. The first-order valence-corrected chi connectivity index (χ1v) is 7.25. The first-order valence-electron chi connectivity index (χ1n) is 7.25. The maximum atomic E-state index is 3.68. The third-order valence-corrected chi connectivity index (χ3v) is 4.40. The Kier molecular flexibility index (Phi) is 4.66. The zero-order valence-corrected chi connectivity index (χ0v) is 11.0. The van der Waals surface area contributed by atoms with Crippen LogP contribution in [0.4, 0.5) is 0 Å². The second-order valence-corrected chi connectivity index (χ2v) is 5.80. The summed E-state index contributed by atoms with van der Waals surface area (Å²) in [5, 5.41) is 3.68. The zero-order valence-electron chi connectivity index (χ0n) is 11.0. The molecule has 2 aliphatic rings. The molecule has 2 fully saturated rings. The summed E-state index contributed by atoms with van der Waals surface area (Å²) in [5.41, 5.74) is 0. The number of likely N-dealkylation sites (tertiary alicyclic amines) is 1. The van der Waals surface area contributed by atoms with E-state index in [4.69, 9.17) is 0 Å². The van der Waals surface area contributed by atoms with E-state index in [1.807, 2.05) is 0 Å². The monoisotopic (exact) mass is 224 g/mol. The zero-order chi connectivity index (χ0) is 11.4. The molecule has 94 valence electrons. The van der Waals surface area contributed by atoms with Crippen LogP contribution in [0.5, 0.6) is 0 Å². The molecule has 2 nitrogen and oxygen atoms in total. The Hall–Kier alpha value is -0.0800. The summed E-state index contributed by atoms with van der Waals surface area (Å²) in [7, 11) is 0. The van der Waals surface area contributed by atoms with Gasteiger partial charge < -0.3 is 10.2 Å². The molecule has 0 radical (unpaired) electrons. The van der Waals surface area contributed by atoms with Gasteiger partial charge >= 0.3 is 0 Å². The van der Waals surface area contributed by atoms with Crippen molar-refractivity contribution in [2.45, 2.75) is 52.0 Å². The van der Waals surface area contributed by atoms with Gasteiger partial charge in [-0.25, -0.2) is 0 Å². The quantitative estimate of drug-likeness (QED) is 0.746. The largest absolute Gasteiger partial charge is 0.313 e. The normalized spacial score (nSPS) is 29.2. The fraction of sp³-hybridized carbons (Fsp3) is 1.00. The van der Waals surface area contributed by atoms with Crippen molar-refractivity contribution < 1.29 is 0 Å². The van der Waals surface area contributed by atoms with Crippen LogP contribution in [0, 0.1) is 11.8 Å².